The van der Waals surface area contributed by atoms with Crippen LogP contribution >= 0.6 is 0 Å². The number of alkyl halides is 3. The first kappa shape index (κ1) is 16.2. The maximum absolute atomic E-state index is 12.3. The Bertz CT molecular complexity index is 896. The molecule has 0 fully saturated rings. The summed E-state index contributed by atoms with van der Waals surface area (Å²) in [6.45, 7) is 5.81. The number of aryl methyl sites for hydroxylation is 2. The molecule has 3 rings (SSSR count). The summed E-state index contributed by atoms with van der Waals surface area (Å²) >= 11 is 0. The fourth-order valence-corrected chi connectivity index (χ4v) is 2.44. The Morgan fingerprint density at radius 2 is 2.04 bits per heavy atom. The van der Waals surface area contributed by atoms with Gasteiger partial charge in [0.25, 0.3) is 0 Å². The summed E-state index contributed by atoms with van der Waals surface area (Å²) in [6, 6.07) is 3.76. The zero-order valence-electron chi connectivity index (χ0n) is 13.0. The van der Waals surface area contributed by atoms with Crippen LogP contribution in [0.4, 0.5) is 13.2 Å². The molecule has 0 bridgehead atoms. The van der Waals surface area contributed by atoms with Gasteiger partial charge in [-0.25, -0.2) is 15.0 Å². The van der Waals surface area contributed by atoms with Crippen LogP contribution in [0.1, 0.15) is 29.1 Å². The molecule has 0 radical (unpaired) electrons. The fraction of sp³-hybridized carbons (Fsp3) is 0.235. The molecular formula is C17H15F3N4. The van der Waals surface area contributed by atoms with Crippen molar-refractivity contribution in [1.82, 2.24) is 19.4 Å². The summed E-state index contributed by atoms with van der Waals surface area (Å²) in [5.41, 5.74) is 3.73. The summed E-state index contributed by atoms with van der Waals surface area (Å²) in [6.07, 6.45) is 1.60. The lowest BCUT2D eigenvalue weighted by Gasteiger charge is -2.11. The summed E-state index contributed by atoms with van der Waals surface area (Å²) in [7, 11) is 0. The predicted octanol–water partition coefficient (Wildman–Crippen LogP) is 3.99. The molecule has 0 unspecified atom stereocenters. The Hall–Kier alpha value is -2.70. The van der Waals surface area contributed by atoms with E-state index in [-0.39, 0.29) is 12.2 Å². The summed E-state index contributed by atoms with van der Waals surface area (Å²) in [5.74, 6) is 0.187. The number of hydrogen-bond donors (Lipinski definition) is 0. The monoisotopic (exact) mass is 332 g/mol. The summed E-state index contributed by atoms with van der Waals surface area (Å²) in [5, 5.41) is 0. The standard InChI is InChI=1S/C17H15F3N4/c1-11(13-3-4-16-21-7-8-24(16)10-13)14-9-22-15(23-12(14)2)5-6-17(18,19)20/h3-4,7-10H,1,5-6H2,2H3. The van der Waals surface area contributed by atoms with Crippen LogP contribution in [0.2, 0.25) is 0 Å². The van der Waals surface area contributed by atoms with Gasteiger partial charge >= 0.3 is 6.18 Å². The second kappa shape index (κ2) is 6.07. The highest BCUT2D eigenvalue weighted by molar-refractivity contribution is 5.78. The molecular weight excluding hydrogens is 317 g/mol. The van der Waals surface area contributed by atoms with Crippen molar-refractivity contribution < 1.29 is 13.2 Å². The van der Waals surface area contributed by atoms with Crippen molar-refractivity contribution in [1.29, 1.82) is 0 Å². The first-order valence-electron chi connectivity index (χ1n) is 7.35. The molecule has 124 valence electrons. The zero-order valence-corrected chi connectivity index (χ0v) is 13.0. The molecule has 7 heteroatoms. The molecule has 0 saturated carbocycles. The van der Waals surface area contributed by atoms with E-state index in [1.165, 1.54) is 6.20 Å². The number of aromatic nitrogens is 4. The van der Waals surface area contributed by atoms with Gasteiger partial charge in [-0.05, 0) is 30.2 Å². The number of imidazole rings is 1. The highest BCUT2D eigenvalue weighted by Crippen LogP contribution is 2.25. The number of halogens is 3. The minimum Gasteiger partial charge on any atom is -0.306 e. The van der Waals surface area contributed by atoms with Crippen LogP contribution in [0.3, 0.4) is 0 Å². The summed E-state index contributed by atoms with van der Waals surface area (Å²) < 4.78 is 38.8. The lowest BCUT2D eigenvalue weighted by molar-refractivity contribution is -0.134. The van der Waals surface area contributed by atoms with Crippen molar-refractivity contribution in [2.24, 2.45) is 0 Å². The van der Waals surface area contributed by atoms with E-state index in [1.54, 1.807) is 13.1 Å². The normalized spacial score (nSPS) is 11.8. The molecule has 24 heavy (non-hydrogen) atoms. The molecule has 3 aromatic heterocycles. The van der Waals surface area contributed by atoms with E-state index < -0.39 is 12.6 Å². The van der Waals surface area contributed by atoms with Crippen LogP contribution in [0, 0.1) is 6.92 Å². The van der Waals surface area contributed by atoms with Crippen molar-refractivity contribution in [3.05, 3.63) is 66.1 Å². The Labute approximate surface area is 136 Å². The second-order valence-electron chi connectivity index (χ2n) is 5.49. The number of pyridine rings is 1. The first-order chi connectivity index (χ1) is 11.3. The molecule has 0 aliphatic carbocycles. The van der Waals surface area contributed by atoms with E-state index in [0.29, 0.717) is 16.8 Å². The van der Waals surface area contributed by atoms with Gasteiger partial charge in [0, 0.05) is 42.5 Å². The maximum Gasteiger partial charge on any atom is 0.389 e. The van der Waals surface area contributed by atoms with Crippen molar-refractivity contribution in [2.75, 3.05) is 0 Å². The third kappa shape index (κ3) is 3.45. The van der Waals surface area contributed by atoms with E-state index in [1.807, 2.05) is 28.9 Å². The topological polar surface area (TPSA) is 43.1 Å². The highest BCUT2D eigenvalue weighted by Gasteiger charge is 2.27. The van der Waals surface area contributed by atoms with Crippen LogP contribution in [0.5, 0.6) is 0 Å². The van der Waals surface area contributed by atoms with Gasteiger partial charge in [-0.3, -0.25) is 0 Å². The van der Waals surface area contributed by atoms with Gasteiger partial charge in [0.15, 0.2) is 0 Å². The van der Waals surface area contributed by atoms with Crippen molar-refractivity contribution >= 4 is 11.2 Å². The molecule has 0 saturated heterocycles. The van der Waals surface area contributed by atoms with Crippen LogP contribution in [0.15, 0.2) is 43.5 Å². The quantitative estimate of drug-likeness (QED) is 0.725. The molecule has 0 aliphatic heterocycles. The molecule has 0 spiro atoms. The highest BCUT2D eigenvalue weighted by atomic mass is 19.4. The third-order valence-corrected chi connectivity index (χ3v) is 3.72. The maximum atomic E-state index is 12.3. The van der Waals surface area contributed by atoms with Gasteiger partial charge in [0.1, 0.15) is 11.5 Å². The van der Waals surface area contributed by atoms with Gasteiger partial charge in [-0.1, -0.05) is 6.58 Å². The molecule has 3 heterocycles. The SMILES string of the molecule is C=C(c1ccc2nccn2c1)c1cnc(CCC(F)(F)F)nc1C. The Morgan fingerprint density at radius 3 is 2.75 bits per heavy atom. The fourth-order valence-electron chi connectivity index (χ4n) is 2.44. The van der Waals surface area contributed by atoms with E-state index >= 15 is 0 Å². The third-order valence-electron chi connectivity index (χ3n) is 3.72. The van der Waals surface area contributed by atoms with E-state index in [9.17, 15) is 13.2 Å². The van der Waals surface area contributed by atoms with E-state index in [4.69, 9.17) is 0 Å². The molecule has 4 nitrogen and oxygen atoms in total. The van der Waals surface area contributed by atoms with Gasteiger partial charge in [-0.2, -0.15) is 13.2 Å². The van der Waals surface area contributed by atoms with Crippen molar-refractivity contribution in [3.63, 3.8) is 0 Å². The summed E-state index contributed by atoms with van der Waals surface area (Å²) in [4.78, 5) is 12.4. The van der Waals surface area contributed by atoms with E-state index in [0.717, 1.165) is 11.2 Å². The average Bonchev–Trinajstić information content (AvgIpc) is 2.99. The minimum absolute atomic E-state index is 0.187. The molecule has 0 aromatic carbocycles. The van der Waals surface area contributed by atoms with Gasteiger partial charge in [0.2, 0.25) is 0 Å². The van der Waals surface area contributed by atoms with Crippen molar-refractivity contribution in [2.45, 2.75) is 25.9 Å². The Morgan fingerprint density at radius 1 is 1.25 bits per heavy atom. The minimum atomic E-state index is -4.21. The molecule has 0 amide bonds. The van der Waals surface area contributed by atoms with Gasteiger partial charge in [0.05, 0.1) is 6.42 Å². The number of fused-ring (bicyclic) bond motifs is 1. The number of hydrogen-bond acceptors (Lipinski definition) is 3. The molecule has 0 aliphatic rings. The van der Waals surface area contributed by atoms with Crippen LogP contribution in [0.25, 0.3) is 11.2 Å². The van der Waals surface area contributed by atoms with Crippen LogP contribution in [-0.4, -0.2) is 25.5 Å². The zero-order chi connectivity index (χ0) is 17.3. The second-order valence-corrected chi connectivity index (χ2v) is 5.49. The van der Waals surface area contributed by atoms with Crippen LogP contribution in [-0.2, 0) is 6.42 Å². The smallest absolute Gasteiger partial charge is 0.306 e. The van der Waals surface area contributed by atoms with Gasteiger partial charge < -0.3 is 4.40 Å². The Kier molecular flexibility index (Phi) is 4.09. The van der Waals surface area contributed by atoms with Crippen LogP contribution < -0.4 is 0 Å². The van der Waals surface area contributed by atoms with Gasteiger partial charge in [-0.15, -0.1) is 0 Å². The molecule has 0 atom stereocenters. The Balaban J connectivity index is 1.84. The predicted molar refractivity (Wildman–Crippen MR) is 84.5 cm³/mol. The van der Waals surface area contributed by atoms with E-state index in [2.05, 4.69) is 21.5 Å². The molecule has 3 aromatic rings. The lowest BCUT2D eigenvalue weighted by Crippen LogP contribution is -2.11. The first-order valence-corrected chi connectivity index (χ1v) is 7.35. The van der Waals surface area contributed by atoms with Crippen molar-refractivity contribution in [3.8, 4) is 0 Å². The lowest BCUT2D eigenvalue weighted by atomic mass is 10.0. The average molecular weight is 332 g/mol. The molecule has 0 N–H and O–H groups in total. The largest absolute Gasteiger partial charge is 0.389 e. The number of nitrogens with zero attached hydrogens (tertiary/aromatic N) is 4. The number of rotatable bonds is 4.